The van der Waals surface area contributed by atoms with Crippen LogP contribution in [-0.2, 0) is 4.74 Å². The van der Waals surface area contributed by atoms with Gasteiger partial charge in [0.15, 0.2) is 0 Å². The highest BCUT2D eigenvalue weighted by Crippen LogP contribution is 2.28. The monoisotopic (exact) mass is 417 g/mol. The molecule has 0 aliphatic heterocycles. The van der Waals surface area contributed by atoms with Crippen molar-refractivity contribution in [3.05, 3.63) is 89.4 Å². The number of para-hydroxylation sites is 1. The van der Waals surface area contributed by atoms with Gasteiger partial charge >= 0.3 is 5.97 Å². The number of ether oxygens (including phenoxy) is 1. The third-order valence-corrected chi connectivity index (χ3v) is 5.24. The van der Waals surface area contributed by atoms with Gasteiger partial charge in [0.25, 0.3) is 5.91 Å². The van der Waals surface area contributed by atoms with Crippen molar-refractivity contribution in [3.63, 3.8) is 0 Å². The van der Waals surface area contributed by atoms with Crippen LogP contribution in [0, 0.1) is 0 Å². The first-order valence-corrected chi connectivity index (χ1v) is 10.3. The number of anilines is 1. The minimum absolute atomic E-state index is 0.290. The van der Waals surface area contributed by atoms with Gasteiger partial charge in [0.2, 0.25) is 0 Å². The summed E-state index contributed by atoms with van der Waals surface area (Å²) in [5, 5.41) is 9.46. The maximum atomic E-state index is 13.1. The lowest BCUT2D eigenvalue weighted by Gasteiger charge is -2.07. The van der Waals surface area contributed by atoms with Crippen LogP contribution in [0.1, 0.15) is 27.6 Å². The second kappa shape index (κ2) is 8.75. The Balaban J connectivity index is 1.66. The van der Waals surface area contributed by atoms with Gasteiger partial charge in [-0.05, 0) is 48.7 Å². The number of carbonyl (C=O) groups excluding carboxylic acids is 2. The second-order valence-corrected chi connectivity index (χ2v) is 7.35. The number of benzene rings is 2. The predicted molar refractivity (Wildman–Crippen MR) is 117 cm³/mol. The molecule has 0 saturated heterocycles. The molecule has 4 aromatic rings. The molecule has 6 nitrogen and oxygen atoms in total. The second-order valence-electron chi connectivity index (χ2n) is 6.40. The van der Waals surface area contributed by atoms with Crippen LogP contribution in [0.15, 0.2) is 78.3 Å². The molecule has 0 fully saturated rings. The van der Waals surface area contributed by atoms with E-state index < -0.39 is 5.97 Å². The quantitative estimate of drug-likeness (QED) is 0.447. The Morgan fingerprint density at radius 3 is 2.63 bits per heavy atom. The highest BCUT2D eigenvalue weighted by Gasteiger charge is 2.20. The average molecular weight is 417 g/mol. The van der Waals surface area contributed by atoms with E-state index in [0.717, 1.165) is 10.6 Å². The van der Waals surface area contributed by atoms with Gasteiger partial charge in [-0.2, -0.15) is 5.10 Å². The van der Waals surface area contributed by atoms with Gasteiger partial charge in [0.05, 0.1) is 28.3 Å². The van der Waals surface area contributed by atoms with Gasteiger partial charge in [-0.1, -0.05) is 30.3 Å². The molecule has 2 aromatic heterocycles. The van der Waals surface area contributed by atoms with Crippen LogP contribution in [0.2, 0.25) is 0 Å². The van der Waals surface area contributed by atoms with E-state index in [-0.39, 0.29) is 12.5 Å². The summed E-state index contributed by atoms with van der Waals surface area (Å²) < 4.78 is 6.72. The summed E-state index contributed by atoms with van der Waals surface area (Å²) in [6.45, 7) is 2.04. The Bertz CT molecular complexity index is 1170. The van der Waals surface area contributed by atoms with Crippen molar-refractivity contribution in [2.45, 2.75) is 6.92 Å². The standard InChI is InChI=1S/C23H19N3O3S/c1-2-29-23(28)16-8-6-9-17(14-16)24-22(27)19-15-26(18-10-4-3-5-11-18)25-21(19)20-12-7-13-30-20/h3-15H,2H2,1H3,(H,24,27). The fourth-order valence-electron chi connectivity index (χ4n) is 2.99. The zero-order valence-corrected chi connectivity index (χ0v) is 17.1. The minimum Gasteiger partial charge on any atom is -0.462 e. The Morgan fingerprint density at radius 2 is 1.90 bits per heavy atom. The highest BCUT2D eigenvalue weighted by molar-refractivity contribution is 7.13. The molecular formula is C23H19N3O3S. The molecule has 0 radical (unpaired) electrons. The largest absolute Gasteiger partial charge is 0.462 e. The zero-order chi connectivity index (χ0) is 20.9. The van der Waals surface area contributed by atoms with Crippen molar-refractivity contribution in [3.8, 4) is 16.3 Å². The van der Waals surface area contributed by atoms with E-state index in [2.05, 4.69) is 10.4 Å². The van der Waals surface area contributed by atoms with Gasteiger partial charge in [-0.3, -0.25) is 4.79 Å². The van der Waals surface area contributed by atoms with Crippen LogP contribution >= 0.6 is 11.3 Å². The van der Waals surface area contributed by atoms with Crippen LogP contribution in [0.3, 0.4) is 0 Å². The summed E-state index contributed by atoms with van der Waals surface area (Å²) in [5.74, 6) is -0.730. The molecule has 30 heavy (non-hydrogen) atoms. The van der Waals surface area contributed by atoms with E-state index in [9.17, 15) is 9.59 Å². The molecule has 7 heteroatoms. The average Bonchev–Trinajstić information content (AvgIpc) is 3.45. The number of hydrogen-bond donors (Lipinski definition) is 1. The SMILES string of the molecule is CCOC(=O)c1cccc(NC(=O)c2cn(-c3ccccc3)nc2-c2cccs2)c1. The fourth-order valence-corrected chi connectivity index (χ4v) is 3.71. The molecule has 0 atom stereocenters. The van der Waals surface area contributed by atoms with Gasteiger partial charge in [-0.15, -0.1) is 11.3 Å². The van der Waals surface area contributed by atoms with E-state index in [1.54, 1.807) is 42.1 Å². The number of nitrogens with zero attached hydrogens (tertiary/aromatic N) is 2. The normalized spacial score (nSPS) is 10.6. The van der Waals surface area contributed by atoms with Crippen molar-refractivity contribution < 1.29 is 14.3 Å². The van der Waals surface area contributed by atoms with E-state index >= 15 is 0 Å². The Labute approximate surface area is 177 Å². The van der Waals surface area contributed by atoms with E-state index in [4.69, 9.17) is 4.74 Å². The fraction of sp³-hybridized carbons (Fsp3) is 0.0870. The zero-order valence-electron chi connectivity index (χ0n) is 16.2. The summed E-state index contributed by atoms with van der Waals surface area (Å²) in [4.78, 5) is 26.0. The smallest absolute Gasteiger partial charge is 0.338 e. The molecule has 0 saturated carbocycles. The summed E-state index contributed by atoms with van der Waals surface area (Å²) in [6.07, 6.45) is 1.72. The van der Waals surface area contributed by atoms with Gasteiger partial charge in [-0.25, -0.2) is 9.48 Å². The Kier molecular flexibility index (Phi) is 5.72. The Hall–Kier alpha value is -3.71. The molecule has 2 heterocycles. The van der Waals surface area contributed by atoms with E-state index in [0.29, 0.717) is 22.5 Å². The molecule has 0 unspecified atom stereocenters. The van der Waals surface area contributed by atoms with Gasteiger partial charge < -0.3 is 10.1 Å². The molecule has 0 bridgehead atoms. The summed E-state index contributed by atoms with van der Waals surface area (Å²) in [5.41, 5.74) is 2.80. The van der Waals surface area contributed by atoms with Crippen LogP contribution in [0.4, 0.5) is 5.69 Å². The third-order valence-electron chi connectivity index (χ3n) is 4.37. The summed E-state index contributed by atoms with van der Waals surface area (Å²) in [6, 6.07) is 20.2. The van der Waals surface area contributed by atoms with Crippen LogP contribution < -0.4 is 5.32 Å². The molecule has 0 aliphatic rings. The first kappa shape index (κ1) is 19.6. The van der Waals surface area contributed by atoms with Gasteiger partial charge in [0, 0.05) is 11.9 Å². The predicted octanol–water partition coefficient (Wildman–Crippen LogP) is 5.03. The number of amides is 1. The molecule has 0 spiro atoms. The van der Waals surface area contributed by atoms with Crippen LogP contribution in [0.5, 0.6) is 0 Å². The van der Waals surface area contributed by atoms with E-state index in [1.165, 1.54) is 11.3 Å². The Morgan fingerprint density at radius 1 is 1.07 bits per heavy atom. The topological polar surface area (TPSA) is 73.2 Å². The molecule has 1 N–H and O–H groups in total. The number of thiophene rings is 1. The van der Waals surface area contributed by atoms with Crippen LogP contribution in [-0.4, -0.2) is 28.3 Å². The molecule has 0 aliphatic carbocycles. The number of esters is 1. The summed E-state index contributed by atoms with van der Waals surface area (Å²) in [7, 11) is 0. The number of carbonyl (C=O) groups is 2. The van der Waals surface area contributed by atoms with E-state index in [1.807, 2.05) is 47.8 Å². The number of rotatable bonds is 6. The number of nitrogens with one attached hydrogen (secondary N) is 1. The van der Waals surface area contributed by atoms with Crippen molar-refractivity contribution >= 4 is 28.9 Å². The lowest BCUT2D eigenvalue weighted by atomic mass is 10.1. The number of hydrogen-bond acceptors (Lipinski definition) is 5. The molecule has 1 amide bonds. The minimum atomic E-state index is -0.426. The maximum Gasteiger partial charge on any atom is 0.338 e. The molecular weight excluding hydrogens is 398 g/mol. The number of aromatic nitrogens is 2. The first-order chi connectivity index (χ1) is 14.7. The molecule has 2 aromatic carbocycles. The lowest BCUT2D eigenvalue weighted by Crippen LogP contribution is -2.13. The van der Waals surface area contributed by atoms with Gasteiger partial charge in [0.1, 0.15) is 5.69 Å². The molecule has 4 rings (SSSR count). The third kappa shape index (κ3) is 4.16. The van der Waals surface area contributed by atoms with Crippen molar-refractivity contribution in [1.29, 1.82) is 0 Å². The lowest BCUT2D eigenvalue weighted by molar-refractivity contribution is 0.0526. The summed E-state index contributed by atoms with van der Waals surface area (Å²) >= 11 is 1.52. The maximum absolute atomic E-state index is 13.1. The van der Waals surface area contributed by atoms with Crippen molar-refractivity contribution in [2.24, 2.45) is 0 Å². The van der Waals surface area contributed by atoms with Crippen LogP contribution in [0.25, 0.3) is 16.3 Å². The van der Waals surface area contributed by atoms with Crippen molar-refractivity contribution in [2.75, 3.05) is 11.9 Å². The van der Waals surface area contributed by atoms with Crippen molar-refractivity contribution in [1.82, 2.24) is 9.78 Å². The first-order valence-electron chi connectivity index (χ1n) is 9.43. The molecule has 150 valence electrons. The highest BCUT2D eigenvalue weighted by atomic mass is 32.1.